The summed E-state index contributed by atoms with van der Waals surface area (Å²) in [6.45, 7) is 5.73. The Kier molecular flexibility index (Phi) is 6.83. The molecule has 2 heteroatoms. The van der Waals surface area contributed by atoms with Gasteiger partial charge in [0.1, 0.15) is 0 Å². The molecule has 4 unspecified atom stereocenters. The number of aliphatic hydroxyl groups is 1. The molecular formula is C18H35NO. The highest BCUT2D eigenvalue weighted by molar-refractivity contribution is 4.92. The van der Waals surface area contributed by atoms with Gasteiger partial charge in [0.05, 0.1) is 6.10 Å². The molecule has 0 saturated carbocycles. The van der Waals surface area contributed by atoms with Crippen LogP contribution < -0.4 is 0 Å². The van der Waals surface area contributed by atoms with Crippen molar-refractivity contribution in [1.29, 1.82) is 0 Å². The van der Waals surface area contributed by atoms with E-state index in [1.54, 1.807) is 0 Å². The SMILES string of the molecule is CC(O)CCCCCCCC1CCC(C)C2CCCN12. The standard InChI is InChI=1S/C18H35NO/c1-15-12-13-17(19-14-8-11-18(15)19)10-7-5-3-4-6-9-16(2)20/h15-18,20H,3-14H2,1-2H3. The third-order valence-electron chi connectivity index (χ3n) is 5.58. The van der Waals surface area contributed by atoms with E-state index in [0.717, 1.165) is 24.4 Å². The summed E-state index contributed by atoms with van der Waals surface area (Å²) in [6.07, 6.45) is 14.8. The van der Waals surface area contributed by atoms with Crippen molar-refractivity contribution in [3.8, 4) is 0 Å². The van der Waals surface area contributed by atoms with Crippen molar-refractivity contribution >= 4 is 0 Å². The second-order valence-corrected chi connectivity index (χ2v) is 7.35. The monoisotopic (exact) mass is 281 g/mol. The molecule has 0 amide bonds. The van der Waals surface area contributed by atoms with Crippen LogP contribution in [0.3, 0.4) is 0 Å². The lowest BCUT2D eigenvalue weighted by Gasteiger charge is -2.41. The first kappa shape index (κ1) is 16.3. The predicted octanol–water partition coefficient (Wildman–Crippen LogP) is 4.36. The van der Waals surface area contributed by atoms with Crippen molar-refractivity contribution in [2.75, 3.05) is 6.54 Å². The molecular weight excluding hydrogens is 246 g/mol. The number of fused-ring (bicyclic) bond motifs is 1. The molecule has 0 aliphatic carbocycles. The van der Waals surface area contributed by atoms with Crippen LogP contribution in [0.1, 0.15) is 84.5 Å². The van der Waals surface area contributed by atoms with Gasteiger partial charge < -0.3 is 5.11 Å². The second kappa shape index (κ2) is 8.38. The molecule has 2 fully saturated rings. The van der Waals surface area contributed by atoms with E-state index in [0.29, 0.717) is 0 Å². The fraction of sp³-hybridized carbons (Fsp3) is 1.00. The van der Waals surface area contributed by atoms with Crippen LogP contribution in [0, 0.1) is 5.92 Å². The van der Waals surface area contributed by atoms with Crippen molar-refractivity contribution in [3.05, 3.63) is 0 Å². The molecule has 0 aromatic heterocycles. The third kappa shape index (κ3) is 4.73. The van der Waals surface area contributed by atoms with Crippen LogP contribution in [0.5, 0.6) is 0 Å². The van der Waals surface area contributed by atoms with E-state index in [1.807, 2.05) is 6.92 Å². The molecule has 20 heavy (non-hydrogen) atoms. The first-order valence-electron chi connectivity index (χ1n) is 9.12. The number of piperidine rings is 1. The summed E-state index contributed by atoms with van der Waals surface area (Å²) in [5.74, 6) is 0.939. The topological polar surface area (TPSA) is 23.5 Å². The average molecular weight is 281 g/mol. The molecule has 2 aliphatic rings. The molecule has 0 radical (unpaired) electrons. The van der Waals surface area contributed by atoms with E-state index in [-0.39, 0.29) is 6.10 Å². The molecule has 0 spiro atoms. The lowest BCUT2D eigenvalue weighted by Crippen LogP contribution is -2.46. The number of hydrogen-bond acceptors (Lipinski definition) is 2. The van der Waals surface area contributed by atoms with E-state index in [1.165, 1.54) is 70.8 Å². The maximum Gasteiger partial charge on any atom is 0.0512 e. The number of nitrogens with zero attached hydrogens (tertiary/aromatic N) is 1. The normalized spacial score (nSPS) is 32.2. The van der Waals surface area contributed by atoms with E-state index >= 15 is 0 Å². The van der Waals surface area contributed by atoms with Crippen LogP contribution in [-0.2, 0) is 0 Å². The summed E-state index contributed by atoms with van der Waals surface area (Å²) in [7, 11) is 0. The van der Waals surface area contributed by atoms with Gasteiger partial charge in [0.15, 0.2) is 0 Å². The molecule has 2 rings (SSSR count). The van der Waals surface area contributed by atoms with Gasteiger partial charge in [-0.3, -0.25) is 4.90 Å². The Morgan fingerprint density at radius 2 is 1.80 bits per heavy atom. The van der Waals surface area contributed by atoms with Gasteiger partial charge in [0.2, 0.25) is 0 Å². The fourth-order valence-corrected chi connectivity index (χ4v) is 4.35. The number of aliphatic hydroxyl groups excluding tert-OH is 1. The van der Waals surface area contributed by atoms with E-state index in [9.17, 15) is 5.11 Å². The van der Waals surface area contributed by atoms with Crippen molar-refractivity contribution in [3.63, 3.8) is 0 Å². The zero-order valence-electron chi connectivity index (χ0n) is 13.7. The Hall–Kier alpha value is -0.0800. The van der Waals surface area contributed by atoms with Crippen molar-refractivity contribution < 1.29 is 5.11 Å². The van der Waals surface area contributed by atoms with Gasteiger partial charge in [-0.05, 0) is 57.9 Å². The van der Waals surface area contributed by atoms with Crippen molar-refractivity contribution in [2.45, 2.75) is 103 Å². The van der Waals surface area contributed by atoms with E-state index < -0.39 is 0 Å². The van der Waals surface area contributed by atoms with Gasteiger partial charge in [-0.1, -0.05) is 39.0 Å². The quantitative estimate of drug-likeness (QED) is 0.668. The van der Waals surface area contributed by atoms with Gasteiger partial charge in [-0.15, -0.1) is 0 Å². The Labute approximate surface area is 125 Å². The first-order valence-corrected chi connectivity index (χ1v) is 9.12. The Bertz CT molecular complexity index is 266. The highest BCUT2D eigenvalue weighted by atomic mass is 16.3. The maximum absolute atomic E-state index is 9.23. The molecule has 118 valence electrons. The molecule has 0 aromatic rings. The Morgan fingerprint density at radius 1 is 1.05 bits per heavy atom. The molecule has 2 saturated heterocycles. The van der Waals surface area contributed by atoms with Crippen LogP contribution in [0.2, 0.25) is 0 Å². The van der Waals surface area contributed by atoms with Crippen LogP contribution in [-0.4, -0.2) is 34.7 Å². The van der Waals surface area contributed by atoms with Crippen LogP contribution in [0.15, 0.2) is 0 Å². The molecule has 2 heterocycles. The van der Waals surface area contributed by atoms with Crippen LogP contribution in [0.25, 0.3) is 0 Å². The molecule has 0 bridgehead atoms. The Balaban J connectivity index is 1.55. The molecule has 2 nitrogen and oxygen atoms in total. The summed E-state index contributed by atoms with van der Waals surface area (Å²) < 4.78 is 0. The lowest BCUT2D eigenvalue weighted by molar-refractivity contribution is 0.0750. The van der Waals surface area contributed by atoms with Gasteiger partial charge in [-0.25, -0.2) is 0 Å². The fourth-order valence-electron chi connectivity index (χ4n) is 4.35. The maximum atomic E-state index is 9.23. The summed E-state index contributed by atoms with van der Waals surface area (Å²) >= 11 is 0. The minimum atomic E-state index is -0.105. The highest BCUT2D eigenvalue weighted by Gasteiger charge is 2.37. The summed E-state index contributed by atoms with van der Waals surface area (Å²) in [5.41, 5.74) is 0. The zero-order valence-corrected chi connectivity index (χ0v) is 13.7. The highest BCUT2D eigenvalue weighted by Crippen LogP contribution is 2.36. The Morgan fingerprint density at radius 3 is 2.60 bits per heavy atom. The summed E-state index contributed by atoms with van der Waals surface area (Å²) in [6, 6.07) is 1.82. The van der Waals surface area contributed by atoms with Crippen LogP contribution >= 0.6 is 0 Å². The van der Waals surface area contributed by atoms with E-state index in [4.69, 9.17) is 0 Å². The smallest absolute Gasteiger partial charge is 0.0512 e. The minimum absolute atomic E-state index is 0.105. The molecule has 2 aliphatic heterocycles. The third-order valence-corrected chi connectivity index (χ3v) is 5.58. The first-order chi connectivity index (χ1) is 9.68. The van der Waals surface area contributed by atoms with Crippen molar-refractivity contribution in [1.82, 2.24) is 4.90 Å². The molecule has 4 atom stereocenters. The number of unbranched alkanes of at least 4 members (excludes halogenated alkanes) is 4. The largest absolute Gasteiger partial charge is 0.393 e. The number of hydrogen-bond donors (Lipinski definition) is 1. The van der Waals surface area contributed by atoms with Crippen LogP contribution in [0.4, 0.5) is 0 Å². The van der Waals surface area contributed by atoms with Gasteiger partial charge in [0.25, 0.3) is 0 Å². The van der Waals surface area contributed by atoms with Gasteiger partial charge in [0, 0.05) is 12.1 Å². The van der Waals surface area contributed by atoms with Gasteiger partial charge in [-0.2, -0.15) is 0 Å². The van der Waals surface area contributed by atoms with E-state index in [2.05, 4.69) is 11.8 Å². The lowest BCUT2D eigenvalue weighted by atomic mass is 9.85. The molecule has 0 aromatic carbocycles. The summed E-state index contributed by atoms with van der Waals surface area (Å²) in [5, 5.41) is 9.23. The average Bonchev–Trinajstić information content (AvgIpc) is 2.90. The minimum Gasteiger partial charge on any atom is -0.393 e. The predicted molar refractivity (Wildman–Crippen MR) is 85.9 cm³/mol. The summed E-state index contributed by atoms with van der Waals surface area (Å²) in [4.78, 5) is 2.85. The van der Waals surface area contributed by atoms with Crippen molar-refractivity contribution in [2.24, 2.45) is 5.92 Å². The number of rotatable bonds is 8. The second-order valence-electron chi connectivity index (χ2n) is 7.35. The van der Waals surface area contributed by atoms with Gasteiger partial charge >= 0.3 is 0 Å². The molecule has 1 N–H and O–H groups in total. The zero-order chi connectivity index (χ0) is 14.4.